The van der Waals surface area contributed by atoms with Gasteiger partial charge in [0.25, 0.3) is 0 Å². The highest BCUT2D eigenvalue weighted by molar-refractivity contribution is 5.59. The van der Waals surface area contributed by atoms with Crippen LogP contribution < -0.4 is 5.32 Å². The topological polar surface area (TPSA) is 47.3 Å². The highest BCUT2D eigenvalue weighted by Crippen LogP contribution is 2.28. The van der Waals surface area contributed by atoms with E-state index in [9.17, 15) is 0 Å². The molecule has 0 spiro atoms. The molecule has 0 bridgehead atoms. The maximum atomic E-state index is 5.85. The van der Waals surface area contributed by atoms with Crippen molar-refractivity contribution in [1.29, 1.82) is 0 Å². The summed E-state index contributed by atoms with van der Waals surface area (Å²) < 4.78 is 10.8. The first-order valence-corrected chi connectivity index (χ1v) is 7.63. The highest BCUT2D eigenvalue weighted by atomic mass is 16.5. The van der Waals surface area contributed by atoms with Gasteiger partial charge in [0.2, 0.25) is 0 Å². The van der Waals surface area contributed by atoms with Crippen LogP contribution in [0.4, 0.5) is 0 Å². The number of nitrogens with one attached hydrogen (secondary N) is 1. The molecule has 3 rings (SSSR count). The largest absolute Gasteiger partial charge is 0.441 e. The normalized spacial score (nSPS) is 13.6. The predicted octanol–water partition coefficient (Wildman–Crippen LogP) is 2.61. The van der Waals surface area contributed by atoms with Gasteiger partial charge in [-0.3, -0.25) is 0 Å². The third kappa shape index (κ3) is 3.52. The molecular formula is C17H22N2O2. The molecule has 4 heteroatoms. The van der Waals surface area contributed by atoms with Crippen molar-refractivity contribution in [2.24, 2.45) is 0 Å². The van der Waals surface area contributed by atoms with Gasteiger partial charge < -0.3 is 14.5 Å². The lowest BCUT2D eigenvalue weighted by Gasteiger charge is -2.02. The Morgan fingerprint density at radius 2 is 2.14 bits per heavy atom. The summed E-state index contributed by atoms with van der Waals surface area (Å²) in [4.78, 5) is 4.37. The first-order chi connectivity index (χ1) is 10.4. The van der Waals surface area contributed by atoms with Crippen LogP contribution in [0.25, 0.3) is 11.3 Å². The number of nitrogens with zero attached hydrogens (tertiary/aromatic N) is 1. The zero-order valence-corrected chi connectivity index (χ0v) is 12.5. The van der Waals surface area contributed by atoms with Crippen LogP contribution in [-0.4, -0.2) is 31.8 Å². The Kier molecular flexibility index (Phi) is 4.68. The summed E-state index contributed by atoms with van der Waals surface area (Å²) in [7, 11) is 1.71. The molecule has 4 nitrogen and oxygen atoms in total. The molecule has 1 aromatic heterocycles. The van der Waals surface area contributed by atoms with E-state index in [1.807, 2.05) is 6.20 Å². The van der Waals surface area contributed by atoms with Crippen LogP contribution in [0.1, 0.15) is 23.4 Å². The number of aryl methyl sites for hydroxylation is 2. The molecule has 1 heterocycles. The van der Waals surface area contributed by atoms with Gasteiger partial charge in [0, 0.05) is 32.2 Å². The van der Waals surface area contributed by atoms with Gasteiger partial charge in [-0.25, -0.2) is 4.98 Å². The van der Waals surface area contributed by atoms with E-state index in [4.69, 9.17) is 9.15 Å². The van der Waals surface area contributed by atoms with Gasteiger partial charge >= 0.3 is 0 Å². The molecule has 1 N–H and O–H groups in total. The van der Waals surface area contributed by atoms with Crippen LogP contribution in [0.3, 0.4) is 0 Å². The first kappa shape index (κ1) is 14.3. The second-order valence-corrected chi connectivity index (χ2v) is 5.45. The van der Waals surface area contributed by atoms with Gasteiger partial charge in [-0.1, -0.05) is 12.1 Å². The first-order valence-electron chi connectivity index (χ1n) is 7.63. The maximum absolute atomic E-state index is 5.85. The lowest BCUT2D eigenvalue weighted by molar-refractivity contribution is 0.199. The molecule has 0 amide bonds. The van der Waals surface area contributed by atoms with E-state index in [1.54, 1.807) is 7.11 Å². The second kappa shape index (κ2) is 6.87. The van der Waals surface area contributed by atoms with E-state index in [-0.39, 0.29) is 0 Å². The molecule has 0 saturated carbocycles. The van der Waals surface area contributed by atoms with Crippen molar-refractivity contribution < 1.29 is 9.15 Å². The smallest absolute Gasteiger partial charge is 0.196 e. The number of oxazole rings is 1. The van der Waals surface area contributed by atoms with Crippen LogP contribution >= 0.6 is 0 Å². The molecular weight excluding hydrogens is 264 g/mol. The summed E-state index contributed by atoms with van der Waals surface area (Å²) in [6.45, 7) is 2.44. The molecule has 21 heavy (non-hydrogen) atoms. The molecule has 0 fully saturated rings. The molecule has 0 aliphatic heterocycles. The Labute approximate surface area is 125 Å². The fraction of sp³-hybridized carbons (Fsp3) is 0.471. The maximum Gasteiger partial charge on any atom is 0.196 e. The van der Waals surface area contributed by atoms with Crippen molar-refractivity contribution in [3.8, 4) is 11.3 Å². The minimum atomic E-state index is 0.728. The fourth-order valence-corrected chi connectivity index (χ4v) is 2.78. The van der Waals surface area contributed by atoms with Crippen molar-refractivity contribution in [3.63, 3.8) is 0 Å². The molecule has 1 aliphatic carbocycles. The Morgan fingerprint density at radius 3 is 3.05 bits per heavy atom. The Bertz CT molecular complexity index is 592. The van der Waals surface area contributed by atoms with Crippen molar-refractivity contribution in [3.05, 3.63) is 41.4 Å². The lowest BCUT2D eigenvalue weighted by atomic mass is 10.1. The molecule has 0 atom stereocenters. The summed E-state index contributed by atoms with van der Waals surface area (Å²) in [6, 6.07) is 6.63. The number of ether oxygens (including phenoxy) is 1. The fourth-order valence-electron chi connectivity index (χ4n) is 2.78. The van der Waals surface area contributed by atoms with E-state index in [0.717, 1.165) is 43.3 Å². The molecule has 0 saturated heterocycles. The minimum absolute atomic E-state index is 0.728. The van der Waals surface area contributed by atoms with E-state index in [2.05, 4.69) is 28.5 Å². The van der Waals surface area contributed by atoms with Crippen LogP contribution in [0.5, 0.6) is 0 Å². The summed E-state index contributed by atoms with van der Waals surface area (Å²) in [5, 5.41) is 3.29. The number of benzene rings is 1. The third-order valence-corrected chi connectivity index (χ3v) is 3.94. The van der Waals surface area contributed by atoms with Crippen molar-refractivity contribution >= 4 is 0 Å². The molecule has 1 aromatic carbocycles. The Balaban J connectivity index is 1.59. The van der Waals surface area contributed by atoms with Crippen LogP contribution in [0.15, 0.2) is 28.8 Å². The van der Waals surface area contributed by atoms with E-state index in [0.29, 0.717) is 0 Å². The number of rotatable bonds is 7. The average Bonchev–Trinajstić information content (AvgIpc) is 3.15. The van der Waals surface area contributed by atoms with Crippen LogP contribution in [-0.2, 0) is 24.0 Å². The van der Waals surface area contributed by atoms with Crippen molar-refractivity contribution in [2.75, 3.05) is 26.8 Å². The van der Waals surface area contributed by atoms with Gasteiger partial charge in [0.15, 0.2) is 11.7 Å². The van der Waals surface area contributed by atoms with Gasteiger partial charge in [-0.2, -0.15) is 0 Å². The predicted molar refractivity (Wildman–Crippen MR) is 82.4 cm³/mol. The standard InChI is InChI=1S/C17H22N2O2/c1-20-10-9-18-8-7-17-19-12-16(21-17)15-6-5-13-3-2-4-14(13)11-15/h5-6,11-12,18H,2-4,7-10H2,1H3. The molecule has 2 aromatic rings. The zero-order valence-electron chi connectivity index (χ0n) is 12.5. The van der Waals surface area contributed by atoms with Gasteiger partial charge in [-0.05, 0) is 36.5 Å². The van der Waals surface area contributed by atoms with Gasteiger partial charge in [0.1, 0.15) is 0 Å². The highest BCUT2D eigenvalue weighted by Gasteiger charge is 2.13. The average molecular weight is 286 g/mol. The molecule has 0 radical (unpaired) electrons. The monoisotopic (exact) mass is 286 g/mol. The summed E-state index contributed by atoms with van der Waals surface area (Å²) in [5.74, 6) is 1.66. The summed E-state index contributed by atoms with van der Waals surface area (Å²) >= 11 is 0. The Morgan fingerprint density at radius 1 is 1.24 bits per heavy atom. The minimum Gasteiger partial charge on any atom is -0.441 e. The zero-order chi connectivity index (χ0) is 14.5. The third-order valence-electron chi connectivity index (χ3n) is 3.94. The summed E-state index contributed by atoms with van der Waals surface area (Å²) in [5.41, 5.74) is 4.09. The Hall–Kier alpha value is -1.65. The summed E-state index contributed by atoms with van der Waals surface area (Å²) in [6.07, 6.45) is 6.31. The lowest BCUT2D eigenvalue weighted by Crippen LogP contribution is -2.21. The number of methoxy groups -OCH3 is 1. The van der Waals surface area contributed by atoms with Crippen molar-refractivity contribution in [2.45, 2.75) is 25.7 Å². The number of fused-ring (bicyclic) bond motifs is 1. The molecule has 1 aliphatic rings. The van der Waals surface area contributed by atoms with Gasteiger partial charge in [0.05, 0.1) is 12.8 Å². The van der Waals surface area contributed by atoms with Crippen LogP contribution in [0.2, 0.25) is 0 Å². The van der Waals surface area contributed by atoms with Gasteiger partial charge in [-0.15, -0.1) is 0 Å². The second-order valence-electron chi connectivity index (χ2n) is 5.45. The van der Waals surface area contributed by atoms with Crippen LogP contribution in [0, 0.1) is 0 Å². The molecule has 112 valence electrons. The molecule has 0 unspecified atom stereocenters. The van der Waals surface area contributed by atoms with Crippen molar-refractivity contribution in [1.82, 2.24) is 10.3 Å². The van der Waals surface area contributed by atoms with E-state index in [1.165, 1.54) is 30.4 Å². The quantitative estimate of drug-likeness (QED) is 0.795. The number of hydrogen-bond donors (Lipinski definition) is 1. The number of hydrogen-bond acceptors (Lipinski definition) is 4. The SMILES string of the molecule is COCCNCCc1ncc(-c2ccc3c(c2)CCC3)o1. The number of aromatic nitrogens is 1. The van der Waals surface area contributed by atoms with E-state index < -0.39 is 0 Å². The van der Waals surface area contributed by atoms with E-state index >= 15 is 0 Å².